The van der Waals surface area contributed by atoms with E-state index in [0.717, 1.165) is 38.4 Å². The number of carbonyl (C=O) groups excluding carboxylic acids is 1. The highest BCUT2D eigenvalue weighted by Crippen LogP contribution is 2.31. The predicted octanol–water partition coefficient (Wildman–Crippen LogP) is 5.82. The molecule has 0 fully saturated rings. The summed E-state index contributed by atoms with van der Waals surface area (Å²) in [5.74, 6) is -0.0843. The fraction of sp³-hybridized carbons (Fsp3) is 0.0714. The van der Waals surface area contributed by atoms with E-state index < -0.39 is 4.92 Å². The number of rotatable bonds is 6. The number of benzene rings is 4. The summed E-state index contributed by atoms with van der Waals surface area (Å²) in [7, 11) is 0. The van der Waals surface area contributed by atoms with Crippen molar-refractivity contribution in [3.8, 4) is 11.3 Å². The second-order valence-corrected chi connectivity index (χ2v) is 8.09. The lowest BCUT2D eigenvalue weighted by molar-refractivity contribution is -0.384. The van der Waals surface area contributed by atoms with Crippen molar-refractivity contribution in [1.82, 2.24) is 10.3 Å². The molecule has 0 aliphatic heterocycles. The first-order valence-corrected chi connectivity index (χ1v) is 11.0. The summed E-state index contributed by atoms with van der Waals surface area (Å²) in [4.78, 5) is 28.4. The monoisotopic (exact) mass is 447 g/mol. The summed E-state index contributed by atoms with van der Waals surface area (Å²) < 4.78 is 0. The molecule has 34 heavy (non-hydrogen) atoms. The number of amides is 1. The van der Waals surface area contributed by atoms with Gasteiger partial charge in [-0.05, 0) is 46.2 Å². The summed E-state index contributed by atoms with van der Waals surface area (Å²) >= 11 is 0. The molecule has 1 heterocycles. The molecule has 166 valence electrons. The molecule has 5 rings (SSSR count). The van der Waals surface area contributed by atoms with E-state index in [1.807, 2.05) is 72.8 Å². The Morgan fingerprint density at radius 2 is 1.62 bits per heavy atom. The highest BCUT2D eigenvalue weighted by Gasteiger charge is 2.15. The lowest BCUT2D eigenvalue weighted by Gasteiger charge is -2.13. The van der Waals surface area contributed by atoms with E-state index in [9.17, 15) is 14.9 Å². The van der Waals surface area contributed by atoms with Gasteiger partial charge in [0, 0.05) is 29.6 Å². The van der Waals surface area contributed by atoms with Crippen LogP contribution in [-0.2, 0) is 17.8 Å². The lowest BCUT2D eigenvalue weighted by atomic mass is 9.97. The van der Waals surface area contributed by atoms with E-state index in [2.05, 4.69) is 5.32 Å². The maximum absolute atomic E-state index is 12.9. The zero-order valence-electron chi connectivity index (χ0n) is 18.3. The van der Waals surface area contributed by atoms with E-state index in [4.69, 9.17) is 4.98 Å². The third-order valence-electron chi connectivity index (χ3n) is 5.84. The number of pyridine rings is 1. The first-order valence-electron chi connectivity index (χ1n) is 11.0. The van der Waals surface area contributed by atoms with Crippen molar-refractivity contribution >= 4 is 33.3 Å². The minimum atomic E-state index is -0.424. The smallest absolute Gasteiger partial charge is 0.269 e. The lowest BCUT2D eigenvalue weighted by Crippen LogP contribution is -2.24. The second-order valence-electron chi connectivity index (χ2n) is 8.09. The Labute approximate surface area is 196 Å². The van der Waals surface area contributed by atoms with Crippen LogP contribution in [0.5, 0.6) is 0 Å². The number of hydrogen-bond acceptors (Lipinski definition) is 4. The Morgan fingerprint density at radius 1 is 0.882 bits per heavy atom. The number of carbonyl (C=O) groups is 1. The maximum atomic E-state index is 12.9. The van der Waals surface area contributed by atoms with Crippen LogP contribution in [0.3, 0.4) is 0 Å². The minimum absolute atomic E-state index is 0.0241. The molecule has 6 nitrogen and oxygen atoms in total. The van der Waals surface area contributed by atoms with E-state index >= 15 is 0 Å². The van der Waals surface area contributed by atoms with Crippen LogP contribution in [0.15, 0.2) is 97.1 Å². The zero-order valence-corrected chi connectivity index (χ0v) is 18.3. The Bertz CT molecular complexity index is 1510. The van der Waals surface area contributed by atoms with E-state index in [1.54, 1.807) is 12.1 Å². The molecular weight excluding hydrogens is 426 g/mol. The molecule has 0 bridgehead atoms. The summed E-state index contributed by atoms with van der Waals surface area (Å²) in [5.41, 5.74) is 4.12. The minimum Gasteiger partial charge on any atom is -0.352 e. The fourth-order valence-electron chi connectivity index (χ4n) is 4.16. The van der Waals surface area contributed by atoms with Gasteiger partial charge >= 0.3 is 0 Å². The van der Waals surface area contributed by atoms with E-state index in [-0.39, 0.29) is 18.0 Å². The van der Waals surface area contributed by atoms with Crippen molar-refractivity contribution < 1.29 is 9.72 Å². The quantitative estimate of drug-likeness (QED) is 0.202. The number of nitro benzene ring substituents is 1. The standard InChI is InChI=1S/C28H21N3O3/c32-27(29-18-19-6-2-1-3-7-19)17-22-16-26(21-10-13-23(14-11-21)31(33)34)30-25-15-12-20-8-4-5-9-24(20)28(22)25/h1-16H,17-18H2,(H,29,32). The van der Waals surface area contributed by atoms with Gasteiger partial charge in [-0.15, -0.1) is 0 Å². The molecule has 0 aliphatic rings. The average Bonchev–Trinajstić information content (AvgIpc) is 2.87. The molecule has 0 spiro atoms. The predicted molar refractivity (Wildman–Crippen MR) is 133 cm³/mol. The Kier molecular flexibility index (Phi) is 5.70. The zero-order chi connectivity index (χ0) is 23.5. The van der Waals surface area contributed by atoms with Crippen LogP contribution >= 0.6 is 0 Å². The molecule has 0 radical (unpaired) electrons. The third kappa shape index (κ3) is 4.34. The van der Waals surface area contributed by atoms with Gasteiger partial charge in [0.25, 0.3) is 5.69 Å². The third-order valence-corrected chi connectivity index (χ3v) is 5.84. The number of fused-ring (bicyclic) bond motifs is 3. The van der Waals surface area contributed by atoms with Crippen LogP contribution in [0, 0.1) is 10.1 Å². The molecule has 0 unspecified atom stereocenters. The average molecular weight is 447 g/mol. The molecule has 5 aromatic rings. The SMILES string of the molecule is O=C(Cc1cc(-c2ccc([N+](=O)[O-])cc2)nc2ccc3ccccc3c12)NCc1ccccc1. The van der Waals surface area contributed by atoms with Gasteiger partial charge in [0.15, 0.2) is 0 Å². The number of nitro groups is 1. The number of non-ortho nitro benzene ring substituents is 1. The second kappa shape index (κ2) is 9.11. The number of hydrogen-bond donors (Lipinski definition) is 1. The molecule has 0 aliphatic carbocycles. The van der Waals surface area contributed by atoms with Gasteiger partial charge in [-0.2, -0.15) is 0 Å². The van der Waals surface area contributed by atoms with Crippen LogP contribution in [0.2, 0.25) is 0 Å². The molecule has 6 heteroatoms. The van der Waals surface area contributed by atoms with Crippen LogP contribution in [0.4, 0.5) is 5.69 Å². The molecule has 1 aromatic heterocycles. The van der Waals surface area contributed by atoms with Crippen molar-refractivity contribution in [3.63, 3.8) is 0 Å². The van der Waals surface area contributed by atoms with Crippen molar-refractivity contribution in [3.05, 3.63) is 118 Å². The van der Waals surface area contributed by atoms with Crippen LogP contribution in [0.1, 0.15) is 11.1 Å². The van der Waals surface area contributed by atoms with E-state index in [0.29, 0.717) is 12.2 Å². The molecule has 0 saturated carbocycles. The van der Waals surface area contributed by atoms with Gasteiger partial charge in [0.1, 0.15) is 0 Å². The van der Waals surface area contributed by atoms with Crippen LogP contribution < -0.4 is 5.32 Å². The van der Waals surface area contributed by atoms with Crippen molar-refractivity contribution in [1.29, 1.82) is 0 Å². The molecule has 1 N–H and O–H groups in total. The van der Waals surface area contributed by atoms with Gasteiger partial charge in [-0.1, -0.05) is 60.7 Å². The highest BCUT2D eigenvalue weighted by molar-refractivity contribution is 6.09. The first-order chi connectivity index (χ1) is 16.6. The van der Waals surface area contributed by atoms with Crippen molar-refractivity contribution in [2.75, 3.05) is 0 Å². The maximum Gasteiger partial charge on any atom is 0.269 e. The van der Waals surface area contributed by atoms with Crippen molar-refractivity contribution in [2.45, 2.75) is 13.0 Å². The Balaban J connectivity index is 1.56. The number of nitrogens with zero attached hydrogens (tertiary/aromatic N) is 2. The van der Waals surface area contributed by atoms with Gasteiger partial charge in [0.05, 0.1) is 22.6 Å². The van der Waals surface area contributed by atoms with E-state index in [1.165, 1.54) is 12.1 Å². The van der Waals surface area contributed by atoms with Gasteiger partial charge in [-0.25, -0.2) is 4.98 Å². The Morgan fingerprint density at radius 3 is 2.38 bits per heavy atom. The Hall–Kier alpha value is -4.58. The van der Waals surface area contributed by atoms with Crippen LogP contribution in [-0.4, -0.2) is 15.8 Å². The first kappa shape index (κ1) is 21.3. The molecule has 0 saturated heterocycles. The molecular formula is C28H21N3O3. The van der Waals surface area contributed by atoms with Gasteiger partial charge in [-0.3, -0.25) is 14.9 Å². The summed E-state index contributed by atoms with van der Waals surface area (Å²) in [5, 5.41) is 17.1. The summed E-state index contributed by atoms with van der Waals surface area (Å²) in [6.07, 6.45) is 0.194. The molecule has 0 atom stereocenters. The number of nitrogens with one attached hydrogen (secondary N) is 1. The fourth-order valence-corrected chi connectivity index (χ4v) is 4.16. The number of aromatic nitrogens is 1. The van der Waals surface area contributed by atoms with Gasteiger partial charge < -0.3 is 5.32 Å². The van der Waals surface area contributed by atoms with Gasteiger partial charge in [0.2, 0.25) is 5.91 Å². The topological polar surface area (TPSA) is 85.1 Å². The summed E-state index contributed by atoms with van der Waals surface area (Å²) in [6.45, 7) is 0.457. The normalized spacial score (nSPS) is 10.9. The van der Waals surface area contributed by atoms with Crippen molar-refractivity contribution in [2.24, 2.45) is 0 Å². The van der Waals surface area contributed by atoms with Crippen LogP contribution in [0.25, 0.3) is 32.9 Å². The highest BCUT2D eigenvalue weighted by atomic mass is 16.6. The summed E-state index contributed by atoms with van der Waals surface area (Å²) in [6, 6.07) is 30.0. The molecule has 1 amide bonds. The largest absolute Gasteiger partial charge is 0.352 e. The molecule has 4 aromatic carbocycles.